The summed E-state index contributed by atoms with van der Waals surface area (Å²) in [7, 11) is 0. The van der Waals surface area contributed by atoms with E-state index in [0.717, 1.165) is 40.5 Å². The van der Waals surface area contributed by atoms with Crippen molar-refractivity contribution in [3.8, 4) is 10.6 Å². The highest BCUT2D eigenvalue weighted by atomic mass is 32.1. The molecule has 3 aromatic heterocycles. The molecule has 0 unspecified atom stereocenters. The third-order valence-corrected chi connectivity index (χ3v) is 9.64. The van der Waals surface area contributed by atoms with E-state index in [1.165, 1.54) is 23.7 Å². The fraction of sp³-hybridized carbons (Fsp3) is 0.519. The molecule has 2 N–H and O–H groups in total. The summed E-state index contributed by atoms with van der Waals surface area (Å²) in [6.45, 7) is 8.05. The van der Waals surface area contributed by atoms with Gasteiger partial charge in [0.2, 0.25) is 0 Å². The Bertz CT molecular complexity index is 1390. The predicted molar refractivity (Wildman–Crippen MR) is 155 cm³/mol. The van der Waals surface area contributed by atoms with Gasteiger partial charge in [-0.05, 0) is 32.8 Å². The van der Waals surface area contributed by atoms with E-state index in [4.69, 9.17) is 5.11 Å². The maximum Gasteiger partial charge on any atom is 0.417 e. The van der Waals surface area contributed by atoms with Crippen LogP contribution in [-0.2, 0) is 17.5 Å². The number of hydrogen-bond acceptors (Lipinski definition) is 10. The summed E-state index contributed by atoms with van der Waals surface area (Å²) < 4.78 is 40.0. The number of amides is 1. The van der Waals surface area contributed by atoms with E-state index >= 15 is 0 Å². The highest BCUT2D eigenvalue weighted by Gasteiger charge is 2.33. The Morgan fingerprint density at radius 2 is 1.81 bits per heavy atom. The van der Waals surface area contributed by atoms with Gasteiger partial charge in [-0.1, -0.05) is 11.3 Å². The molecule has 5 heterocycles. The Balaban J connectivity index is 1.28. The average molecular weight is 624 g/mol. The standard InChI is InChI=1S/C27H32F3N7O3S2/c1-16-3-4-17(2)37(16)14-21-24(20-11-18(15-41-20)27(28,29)30)33-26(42-21)34-25(40)19-12-32-22(13-31-19)36-9-7-35(8-10-36)6-5-23(38)39/h11-13,15-17H,3-10,14H2,1-2H3,(H,38,39)(H,33,34,40)/t16-,17-/m1/s1. The van der Waals surface area contributed by atoms with Crippen LogP contribution in [0.4, 0.5) is 24.1 Å². The second kappa shape index (κ2) is 12.6. The zero-order valence-corrected chi connectivity index (χ0v) is 24.9. The van der Waals surface area contributed by atoms with Gasteiger partial charge in [0.1, 0.15) is 11.5 Å². The molecule has 15 heteroatoms. The minimum atomic E-state index is -4.45. The number of piperazine rings is 1. The molecule has 1 amide bonds. The van der Waals surface area contributed by atoms with E-state index in [-0.39, 0.29) is 17.2 Å². The van der Waals surface area contributed by atoms with Gasteiger partial charge in [-0.15, -0.1) is 11.3 Å². The first-order valence-corrected chi connectivity index (χ1v) is 15.4. The molecule has 0 radical (unpaired) electrons. The number of nitrogens with zero attached hydrogens (tertiary/aromatic N) is 6. The number of hydrogen-bond donors (Lipinski definition) is 2. The van der Waals surface area contributed by atoms with Gasteiger partial charge in [0.15, 0.2) is 5.13 Å². The fourth-order valence-electron chi connectivity index (χ4n) is 5.26. The number of carboxylic acids is 1. The van der Waals surface area contributed by atoms with Crippen molar-refractivity contribution < 1.29 is 27.9 Å². The predicted octanol–water partition coefficient (Wildman–Crippen LogP) is 4.90. The summed E-state index contributed by atoms with van der Waals surface area (Å²) in [5.74, 6) is -0.708. The molecule has 42 heavy (non-hydrogen) atoms. The number of carbonyl (C=O) groups excluding carboxylic acids is 1. The molecule has 226 valence electrons. The minimum absolute atomic E-state index is 0.0920. The summed E-state index contributed by atoms with van der Waals surface area (Å²) in [6, 6.07) is 1.79. The number of aliphatic carboxylic acids is 1. The zero-order chi connectivity index (χ0) is 30.0. The van der Waals surface area contributed by atoms with E-state index in [1.807, 2.05) is 4.90 Å². The topological polar surface area (TPSA) is 115 Å². The molecule has 0 bridgehead atoms. The molecular weight excluding hydrogens is 591 g/mol. The van der Waals surface area contributed by atoms with Crippen molar-refractivity contribution in [3.63, 3.8) is 0 Å². The minimum Gasteiger partial charge on any atom is -0.481 e. The van der Waals surface area contributed by atoms with Crippen molar-refractivity contribution in [2.45, 2.75) is 57.9 Å². The molecule has 0 saturated carbocycles. The maximum absolute atomic E-state index is 13.3. The van der Waals surface area contributed by atoms with Crippen LogP contribution in [0.5, 0.6) is 0 Å². The van der Waals surface area contributed by atoms with Crippen molar-refractivity contribution >= 4 is 45.5 Å². The summed E-state index contributed by atoms with van der Waals surface area (Å²) in [6.07, 6.45) is 0.666. The molecule has 0 aliphatic carbocycles. The monoisotopic (exact) mass is 623 g/mol. The normalized spacial score (nSPS) is 20.3. The Hall–Kier alpha value is -3.14. The smallest absolute Gasteiger partial charge is 0.417 e. The van der Waals surface area contributed by atoms with Crippen LogP contribution in [0.1, 0.15) is 54.0 Å². The molecule has 0 spiro atoms. The number of thiazole rings is 1. The van der Waals surface area contributed by atoms with Gasteiger partial charge < -0.3 is 10.0 Å². The Labute approximate surface area is 249 Å². The highest BCUT2D eigenvalue weighted by Crippen LogP contribution is 2.41. The van der Waals surface area contributed by atoms with Gasteiger partial charge in [0, 0.05) is 61.6 Å². The lowest BCUT2D eigenvalue weighted by molar-refractivity contribution is -0.138. The lowest BCUT2D eigenvalue weighted by atomic mass is 10.2. The largest absolute Gasteiger partial charge is 0.481 e. The molecule has 3 aromatic rings. The molecule has 2 fully saturated rings. The Morgan fingerprint density at radius 3 is 2.40 bits per heavy atom. The second-order valence-corrected chi connectivity index (χ2v) is 12.6. The Morgan fingerprint density at radius 1 is 1.10 bits per heavy atom. The summed E-state index contributed by atoms with van der Waals surface area (Å²) >= 11 is 2.25. The van der Waals surface area contributed by atoms with E-state index in [1.54, 1.807) is 0 Å². The zero-order valence-electron chi connectivity index (χ0n) is 23.2. The lowest BCUT2D eigenvalue weighted by Gasteiger charge is -2.34. The molecule has 10 nitrogen and oxygen atoms in total. The molecule has 0 aromatic carbocycles. The number of nitrogens with one attached hydrogen (secondary N) is 1. The molecule has 5 rings (SSSR count). The number of halogens is 3. The number of likely N-dealkylation sites (tertiary alicyclic amines) is 1. The van der Waals surface area contributed by atoms with Crippen LogP contribution in [0.2, 0.25) is 0 Å². The van der Waals surface area contributed by atoms with Crippen LogP contribution in [-0.4, -0.2) is 86.5 Å². The molecule has 2 atom stereocenters. The van der Waals surface area contributed by atoms with Gasteiger partial charge in [0.05, 0.1) is 34.9 Å². The van der Waals surface area contributed by atoms with Crippen molar-refractivity contribution in [3.05, 3.63) is 40.0 Å². The summed E-state index contributed by atoms with van der Waals surface area (Å²) in [4.78, 5) is 44.7. The van der Waals surface area contributed by atoms with E-state index < -0.39 is 23.6 Å². The van der Waals surface area contributed by atoms with Crippen LogP contribution in [0.15, 0.2) is 23.8 Å². The fourth-order valence-corrected chi connectivity index (χ4v) is 7.23. The SMILES string of the molecule is C[C@@H]1CC[C@@H](C)N1Cc1sc(NC(=O)c2cnc(N3CCN(CCC(=O)O)CC3)cn2)nc1-c1cc(C(F)(F)F)cs1. The van der Waals surface area contributed by atoms with Gasteiger partial charge in [-0.3, -0.25) is 24.7 Å². The molecule has 2 saturated heterocycles. The third-order valence-electron chi connectivity index (χ3n) is 7.75. The van der Waals surface area contributed by atoms with Crippen LogP contribution in [0.25, 0.3) is 10.6 Å². The second-order valence-electron chi connectivity index (χ2n) is 10.6. The number of anilines is 2. The van der Waals surface area contributed by atoms with Crippen molar-refractivity contribution in [2.75, 3.05) is 42.9 Å². The van der Waals surface area contributed by atoms with E-state index in [2.05, 4.69) is 43.9 Å². The number of alkyl halides is 3. The quantitative estimate of drug-likeness (QED) is 0.344. The van der Waals surface area contributed by atoms with Crippen molar-refractivity contribution in [1.82, 2.24) is 24.8 Å². The highest BCUT2D eigenvalue weighted by molar-refractivity contribution is 7.17. The van der Waals surface area contributed by atoms with Crippen LogP contribution >= 0.6 is 22.7 Å². The van der Waals surface area contributed by atoms with Gasteiger partial charge >= 0.3 is 12.1 Å². The third kappa shape index (κ3) is 7.07. The van der Waals surface area contributed by atoms with Gasteiger partial charge in [-0.25, -0.2) is 15.0 Å². The number of thiophene rings is 1. The first kappa shape index (κ1) is 30.3. The maximum atomic E-state index is 13.3. The number of carbonyl (C=O) groups is 2. The van der Waals surface area contributed by atoms with Crippen molar-refractivity contribution in [2.24, 2.45) is 0 Å². The van der Waals surface area contributed by atoms with E-state index in [9.17, 15) is 22.8 Å². The van der Waals surface area contributed by atoms with Gasteiger partial charge in [-0.2, -0.15) is 13.2 Å². The molecule has 2 aliphatic rings. The van der Waals surface area contributed by atoms with Crippen LogP contribution in [0, 0.1) is 0 Å². The van der Waals surface area contributed by atoms with Crippen LogP contribution < -0.4 is 10.2 Å². The van der Waals surface area contributed by atoms with E-state index in [0.29, 0.717) is 67.7 Å². The molecular formula is C27H32F3N7O3S2. The first-order valence-electron chi connectivity index (χ1n) is 13.7. The van der Waals surface area contributed by atoms with Gasteiger partial charge in [0.25, 0.3) is 5.91 Å². The summed E-state index contributed by atoms with van der Waals surface area (Å²) in [5, 5.41) is 13.0. The summed E-state index contributed by atoms with van der Waals surface area (Å²) in [5.41, 5.74) is -0.174. The lowest BCUT2D eigenvalue weighted by Crippen LogP contribution is -2.47. The van der Waals surface area contributed by atoms with Crippen molar-refractivity contribution in [1.29, 1.82) is 0 Å². The number of aromatic nitrogens is 3. The molecule has 2 aliphatic heterocycles. The average Bonchev–Trinajstić information content (AvgIpc) is 3.68. The number of carboxylic acid groups (broad SMARTS) is 1. The van der Waals surface area contributed by atoms with Crippen LogP contribution in [0.3, 0.4) is 0 Å². The Kier molecular flexibility index (Phi) is 9.11. The first-order chi connectivity index (χ1) is 20.0. The number of rotatable bonds is 9.